The number of nitrogens with zero attached hydrogens (tertiary/aromatic N) is 1. The SMILES string of the molecule is CC1(C)CCC(N2CCOCC2)C1O. The molecular formula is C11H21NO2. The fraction of sp³-hybridized carbons (Fsp3) is 1.00. The minimum absolute atomic E-state index is 0.100. The molecule has 0 aromatic carbocycles. The van der Waals surface area contributed by atoms with E-state index in [0.29, 0.717) is 6.04 Å². The number of morpholine rings is 1. The molecule has 0 radical (unpaired) electrons. The fourth-order valence-electron chi connectivity index (χ4n) is 2.64. The van der Waals surface area contributed by atoms with E-state index in [-0.39, 0.29) is 11.5 Å². The highest BCUT2D eigenvalue weighted by Crippen LogP contribution is 2.39. The van der Waals surface area contributed by atoms with E-state index < -0.39 is 0 Å². The second-order valence-electron chi connectivity index (χ2n) is 5.19. The van der Waals surface area contributed by atoms with E-state index in [4.69, 9.17) is 4.74 Å². The standard InChI is InChI=1S/C11H21NO2/c1-11(2)4-3-9(10(11)13)12-5-7-14-8-6-12/h9-10,13H,3-8H2,1-2H3. The summed E-state index contributed by atoms with van der Waals surface area (Å²) in [6.07, 6.45) is 2.10. The van der Waals surface area contributed by atoms with Crippen LogP contribution in [0.3, 0.4) is 0 Å². The van der Waals surface area contributed by atoms with Gasteiger partial charge in [0.15, 0.2) is 0 Å². The number of hydrogen-bond acceptors (Lipinski definition) is 3. The van der Waals surface area contributed by atoms with Crippen LogP contribution in [0.15, 0.2) is 0 Å². The molecule has 2 unspecified atom stereocenters. The Morgan fingerprint density at radius 1 is 1.29 bits per heavy atom. The largest absolute Gasteiger partial charge is 0.391 e. The Bertz CT molecular complexity index is 199. The van der Waals surface area contributed by atoms with Crippen molar-refractivity contribution in [1.82, 2.24) is 4.90 Å². The van der Waals surface area contributed by atoms with Crippen LogP contribution in [0.2, 0.25) is 0 Å². The molecule has 0 aromatic heterocycles. The van der Waals surface area contributed by atoms with Gasteiger partial charge in [-0.1, -0.05) is 13.8 Å². The zero-order valence-corrected chi connectivity index (χ0v) is 9.20. The van der Waals surface area contributed by atoms with Crippen molar-refractivity contribution < 1.29 is 9.84 Å². The molecule has 1 saturated heterocycles. The number of aliphatic hydroxyl groups excluding tert-OH is 1. The molecule has 2 rings (SSSR count). The minimum Gasteiger partial charge on any atom is -0.391 e. The molecule has 1 heterocycles. The lowest BCUT2D eigenvalue weighted by Gasteiger charge is -2.36. The van der Waals surface area contributed by atoms with Gasteiger partial charge in [-0.15, -0.1) is 0 Å². The van der Waals surface area contributed by atoms with Crippen molar-refractivity contribution in [3.63, 3.8) is 0 Å². The van der Waals surface area contributed by atoms with Crippen LogP contribution in [0.5, 0.6) is 0 Å². The van der Waals surface area contributed by atoms with Crippen molar-refractivity contribution in [3.05, 3.63) is 0 Å². The summed E-state index contributed by atoms with van der Waals surface area (Å²) in [6, 6.07) is 0.369. The van der Waals surface area contributed by atoms with Crippen molar-refractivity contribution in [2.75, 3.05) is 26.3 Å². The molecule has 2 atom stereocenters. The third-order valence-electron chi connectivity index (χ3n) is 3.76. The molecule has 82 valence electrons. The van der Waals surface area contributed by atoms with Gasteiger partial charge in [-0.05, 0) is 18.3 Å². The Labute approximate surface area is 86.0 Å². The van der Waals surface area contributed by atoms with Crippen LogP contribution in [-0.2, 0) is 4.74 Å². The predicted molar refractivity (Wildman–Crippen MR) is 55.2 cm³/mol. The van der Waals surface area contributed by atoms with Crippen molar-refractivity contribution in [3.8, 4) is 0 Å². The first-order valence-corrected chi connectivity index (χ1v) is 5.61. The van der Waals surface area contributed by atoms with Crippen molar-refractivity contribution in [2.24, 2.45) is 5.41 Å². The summed E-state index contributed by atoms with van der Waals surface area (Å²) < 4.78 is 5.32. The molecule has 1 aliphatic carbocycles. The van der Waals surface area contributed by atoms with E-state index in [0.717, 1.165) is 39.1 Å². The van der Waals surface area contributed by atoms with Gasteiger partial charge in [-0.3, -0.25) is 4.90 Å². The maximum Gasteiger partial charge on any atom is 0.0746 e. The first-order valence-electron chi connectivity index (χ1n) is 5.61. The zero-order chi connectivity index (χ0) is 10.2. The normalized spacial score (nSPS) is 38.8. The summed E-state index contributed by atoms with van der Waals surface area (Å²) in [7, 11) is 0. The van der Waals surface area contributed by atoms with E-state index in [2.05, 4.69) is 18.7 Å². The Morgan fingerprint density at radius 2 is 1.93 bits per heavy atom. The molecule has 0 amide bonds. The number of hydrogen-bond donors (Lipinski definition) is 1. The van der Waals surface area contributed by atoms with Gasteiger partial charge in [-0.25, -0.2) is 0 Å². The van der Waals surface area contributed by atoms with Crippen LogP contribution in [0.4, 0.5) is 0 Å². The summed E-state index contributed by atoms with van der Waals surface area (Å²) in [5.41, 5.74) is 0.100. The van der Waals surface area contributed by atoms with Gasteiger partial charge in [0.2, 0.25) is 0 Å². The molecule has 14 heavy (non-hydrogen) atoms. The Kier molecular flexibility index (Phi) is 2.82. The molecular weight excluding hydrogens is 178 g/mol. The van der Waals surface area contributed by atoms with Gasteiger partial charge in [0.05, 0.1) is 19.3 Å². The molecule has 1 saturated carbocycles. The molecule has 2 aliphatic rings. The van der Waals surface area contributed by atoms with E-state index in [1.54, 1.807) is 0 Å². The Morgan fingerprint density at radius 3 is 2.43 bits per heavy atom. The first-order chi connectivity index (χ1) is 6.61. The maximum absolute atomic E-state index is 10.2. The summed E-state index contributed by atoms with van der Waals surface area (Å²) in [5.74, 6) is 0. The second-order valence-corrected chi connectivity index (χ2v) is 5.19. The summed E-state index contributed by atoms with van der Waals surface area (Å²) in [5, 5.41) is 10.2. The molecule has 0 bridgehead atoms. The highest BCUT2D eigenvalue weighted by atomic mass is 16.5. The smallest absolute Gasteiger partial charge is 0.0746 e. The fourth-order valence-corrected chi connectivity index (χ4v) is 2.64. The molecule has 2 fully saturated rings. The van der Waals surface area contributed by atoms with Gasteiger partial charge >= 0.3 is 0 Å². The molecule has 1 aliphatic heterocycles. The van der Waals surface area contributed by atoms with Crippen molar-refractivity contribution in [2.45, 2.75) is 38.8 Å². The monoisotopic (exact) mass is 199 g/mol. The lowest BCUT2D eigenvalue weighted by Crippen LogP contribution is -2.49. The number of rotatable bonds is 1. The summed E-state index contributed by atoms with van der Waals surface area (Å²) >= 11 is 0. The Hall–Kier alpha value is -0.120. The van der Waals surface area contributed by atoms with Crippen LogP contribution in [0.25, 0.3) is 0 Å². The van der Waals surface area contributed by atoms with Gasteiger partial charge in [0, 0.05) is 19.1 Å². The lowest BCUT2D eigenvalue weighted by molar-refractivity contribution is -0.0316. The molecule has 0 aromatic rings. The third-order valence-corrected chi connectivity index (χ3v) is 3.76. The third kappa shape index (κ3) is 1.81. The van der Waals surface area contributed by atoms with E-state index in [9.17, 15) is 5.11 Å². The van der Waals surface area contributed by atoms with Crippen LogP contribution in [0, 0.1) is 5.41 Å². The van der Waals surface area contributed by atoms with Crippen LogP contribution in [-0.4, -0.2) is 48.5 Å². The van der Waals surface area contributed by atoms with E-state index in [1.807, 2.05) is 0 Å². The Balaban J connectivity index is 1.98. The molecule has 3 heteroatoms. The molecule has 3 nitrogen and oxygen atoms in total. The zero-order valence-electron chi connectivity index (χ0n) is 9.20. The van der Waals surface area contributed by atoms with E-state index >= 15 is 0 Å². The topological polar surface area (TPSA) is 32.7 Å². The quantitative estimate of drug-likeness (QED) is 0.680. The van der Waals surface area contributed by atoms with Crippen LogP contribution < -0.4 is 0 Å². The predicted octanol–water partition coefficient (Wildman–Crippen LogP) is 0.868. The van der Waals surface area contributed by atoms with Gasteiger partial charge in [0.1, 0.15) is 0 Å². The summed E-state index contributed by atoms with van der Waals surface area (Å²) in [4.78, 5) is 2.39. The second kappa shape index (κ2) is 3.80. The lowest BCUT2D eigenvalue weighted by atomic mass is 9.88. The highest BCUT2D eigenvalue weighted by Gasteiger charge is 2.43. The van der Waals surface area contributed by atoms with Crippen LogP contribution in [0.1, 0.15) is 26.7 Å². The summed E-state index contributed by atoms with van der Waals surface area (Å²) in [6.45, 7) is 7.94. The van der Waals surface area contributed by atoms with Crippen molar-refractivity contribution in [1.29, 1.82) is 0 Å². The number of ether oxygens (including phenoxy) is 1. The molecule has 0 spiro atoms. The average molecular weight is 199 g/mol. The first kappa shape index (κ1) is 10.4. The average Bonchev–Trinajstić information content (AvgIpc) is 2.44. The molecule has 1 N–H and O–H groups in total. The van der Waals surface area contributed by atoms with Gasteiger partial charge < -0.3 is 9.84 Å². The van der Waals surface area contributed by atoms with Gasteiger partial charge in [-0.2, -0.15) is 0 Å². The van der Waals surface area contributed by atoms with Crippen molar-refractivity contribution >= 4 is 0 Å². The van der Waals surface area contributed by atoms with Crippen LogP contribution >= 0.6 is 0 Å². The van der Waals surface area contributed by atoms with Gasteiger partial charge in [0.25, 0.3) is 0 Å². The number of aliphatic hydroxyl groups is 1. The van der Waals surface area contributed by atoms with E-state index in [1.165, 1.54) is 0 Å². The maximum atomic E-state index is 10.2. The highest BCUT2D eigenvalue weighted by molar-refractivity contribution is 4.96. The minimum atomic E-state index is -0.166.